The van der Waals surface area contributed by atoms with Crippen molar-refractivity contribution in [1.82, 2.24) is 29.5 Å². The molecule has 0 amide bonds. The molecule has 0 bridgehead atoms. The molecule has 0 saturated carbocycles. The van der Waals surface area contributed by atoms with Crippen LogP contribution in [-0.4, -0.2) is 29.5 Å². The summed E-state index contributed by atoms with van der Waals surface area (Å²) in [4.78, 5) is 25.9. The van der Waals surface area contributed by atoms with Gasteiger partial charge in [0.2, 0.25) is 0 Å². The summed E-state index contributed by atoms with van der Waals surface area (Å²) in [6.07, 6.45) is 8.03. The summed E-state index contributed by atoms with van der Waals surface area (Å²) >= 11 is 3.52. The van der Waals surface area contributed by atoms with E-state index in [1.807, 2.05) is 48.5 Å². The van der Waals surface area contributed by atoms with Gasteiger partial charge in [-0.05, 0) is 48.5 Å². The van der Waals surface area contributed by atoms with Gasteiger partial charge in [-0.3, -0.25) is 0 Å². The van der Waals surface area contributed by atoms with Crippen LogP contribution in [0.1, 0.15) is 5.56 Å². The van der Waals surface area contributed by atoms with Gasteiger partial charge in [0.1, 0.15) is 0 Å². The Balaban J connectivity index is 0.980. The molecule has 296 valence electrons. The van der Waals surface area contributed by atoms with E-state index >= 15 is 0 Å². The lowest BCUT2D eigenvalue weighted by molar-refractivity contribution is 1.07. The molecular weight excluding hydrogens is 809 g/mol. The lowest BCUT2D eigenvalue weighted by atomic mass is 10.1. The van der Waals surface area contributed by atoms with E-state index in [1.54, 1.807) is 28.7 Å². The number of allylic oxidation sites excluding steroid dienone is 2. The van der Waals surface area contributed by atoms with Crippen LogP contribution in [0, 0.1) is 0 Å². The number of thiophene rings is 2. The molecule has 12 rings (SSSR count). The van der Waals surface area contributed by atoms with E-state index in [-0.39, 0.29) is 0 Å². The van der Waals surface area contributed by atoms with Gasteiger partial charge in [0.05, 0.1) is 21.4 Å². The van der Waals surface area contributed by atoms with Crippen LogP contribution >= 0.6 is 22.7 Å². The van der Waals surface area contributed by atoms with E-state index in [9.17, 15) is 0 Å². The Labute approximate surface area is 370 Å². The van der Waals surface area contributed by atoms with Gasteiger partial charge >= 0.3 is 0 Å². The predicted molar refractivity (Wildman–Crippen MR) is 264 cm³/mol. The SMILES string of the molecule is C=C/C=C\c1cn(-c2ccccc2)c2cc(-c3nc(-c4ccccc4)nc(-c4ccc5sc6cc(-c7nc(-c8ccccc8)c8sc9ccccc9c8n7)ccc6c5c4)n3)ccc12. The van der Waals surface area contributed by atoms with Gasteiger partial charge in [-0.2, -0.15) is 0 Å². The molecule has 0 aliphatic carbocycles. The second kappa shape index (κ2) is 15.2. The molecule has 0 atom stereocenters. The first-order valence-corrected chi connectivity index (χ1v) is 22.3. The van der Waals surface area contributed by atoms with Crippen molar-refractivity contribution in [2.75, 3.05) is 0 Å². The maximum absolute atomic E-state index is 5.24. The number of nitrogens with zero attached hydrogens (tertiary/aromatic N) is 6. The molecule has 0 N–H and O–H groups in total. The van der Waals surface area contributed by atoms with E-state index in [0.717, 1.165) is 92.6 Å². The lowest BCUT2D eigenvalue weighted by Crippen LogP contribution is -2.00. The molecule has 0 radical (unpaired) electrons. The highest BCUT2D eigenvalue weighted by Gasteiger charge is 2.19. The average molecular weight is 843 g/mol. The first-order valence-electron chi connectivity index (χ1n) is 20.7. The Morgan fingerprint density at radius 2 is 1.05 bits per heavy atom. The normalized spacial score (nSPS) is 11.8. The smallest absolute Gasteiger partial charge is 0.164 e. The third-order valence-electron chi connectivity index (χ3n) is 11.5. The molecule has 5 heterocycles. The van der Waals surface area contributed by atoms with E-state index in [0.29, 0.717) is 17.5 Å². The zero-order chi connectivity index (χ0) is 41.9. The van der Waals surface area contributed by atoms with Crippen molar-refractivity contribution >= 4 is 80.1 Å². The minimum atomic E-state index is 0.606. The monoisotopic (exact) mass is 842 g/mol. The van der Waals surface area contributed by atoms with Gasteiger partial charge < -0.3 is 4.57 Å². The van der Waals surface area contributed by atoms with Crippen LogP contribution in [0.4, 0.5) is 0 Å². The predicted octanol–water partition coefficient (Wildman–Crippen LogP) is 14.9. The third kappa shape index (κ3) is 6.52. The topological polar surface area (TPSA) is 69.4 Å². The number of para-hydroxylation sites is 1. The van der Waals surface area contributed by atoms with Gasteiger partial charge in [0.25, 0.3) is 0 Å². The molecule has 7 aromatic carbocycles. The van der Waals surface area contributed by atoms with E-state index in [1.165, 1.54) is 9.40 Å². The summed E-state index contributed by atoms with van der Waals surface area (Å²) in [5, 5.41) is 4.59. The van der Waals surface area contributed by atoms with Gasteiger partial charge in [0.15, 0.2) is 23.3 Å². The molecule has 0 aliphatic rings. The van der Waals surface area contributed by atoms with Gasteiger partial charge in [-0.15, -0.1) is 22.7 Å². The number of hydrogen-bond acceptors (Lipinski definition) is 7. The molecule has 0 unspecified atom stereocenters. The summed E-state index contributed by atoms with van der Waals surface area (Å²) in [7, 11) is 0. The summed E-state index contributed by atoms with van der Waals surface area (Å²) in [5.41, 5.74) is 9.99. The second-order valence-electron chi connectivity index (χ2n) is 15.4. The zero-order valence-corrected chi connectivity index (χ0v) is 35.3. The maximum Gasteiger partial charge on any atom is 0.164 e. The molecule has 0 saturated heterocycles. The highest BCUT2D eigenvalue weighted by Crippen LogP contribution is 2.42. The van der Waals surface area contributed by atoms with E-state index < -0.39 is 0 Å². The standard InChI is InChI=1S/C55H34N6S2/c1-2-3-15-39-33-61(40-20-11-6-12-21-40)45-31-37(24-27-41(39)45)55-59-52(35-18-9-5-10-19-35)58-54(60-55)36-26-29-47-44(30-36)42-28-25-38(32-48(42)62-47)53-56-49(34-16-7-4-8-17-34)51-50(57-53)43-22-13-14-23-46(43)63-51/h2-33H,1H2/b15-3-. The van der Waals surface area contributed by atoms with Crippen molar-refractivity contribution in [3.05, 3.63) is 200 Å². The highest BCUT2D eigenvalue weighted by atomic mass is 32.1. The molecule has 6 nitrogen and oxygen atoms in total. The van der Waals surface area contributed by atoms with Crippen LogP contribution < -0.4 is 0 Å². The molecule has 12 aromatic rings. The molecule has 0 spiro atoms. The summed E-state index contributed by atoms with van der Waals surface area (Å²) in [6, 6.07) is 59.0. The van der Waals surface area contributed by atoms with Crippen molar-refractivity contribution in [3.8, 4) is 62.5 Å². The number of hydrogen-bond donors (Lipinski definition) is 0. The first kappa shape index (κ1) is 36.9. The fraction of sp³-hybridized carbons (Fsp3) is 0. The molecule has 0 fully saturated rings. The lowest BCUT2D eigenvalue weighted by Gasteiger charge is -2.10. The second-order valence-corrected chi connectivity index (χ2v) is 17.5. The quantitative estimate of drug-likeness (QED) is 0.143. The molecule has 5 aromatic heterocycles. The number of aromatic nitrogens is 6. The van der Waals surface area contributed by atoms with E-state index in [2.05, 4.69) is 151 Å². The summed E-state index contributed by atoms with van der Waals surface area (Å²) in [5.74, 6) is 2.56. The van der Waals surface area contributed by atoms with Crippen LogP contribution in [0.2, 0.25) is 0 Å². The number of benzene rings is 7. The molecule has 0 aliphatic heterocycles. The minimum absolute atomic E-state index is 0.606. The fourth-order valence-electron chi connectivity index (χ4n) is 8.42. The third-order valence-corrected chi connectivity index (χ3v) is 13.8. The van der Waals surface area contributed by atoms with Crippen LogP contribution in [0.5, 0.6) is 0 Å². The Morgan fingerprint density at radius 3 is 1.81 bits per heavy atom. The van der Waals surface area contributed by atoms with Crippen molar-refractivity contribution in [3.63, 3.8) is 0 Å². The van der Waals surface area contributed by atoms with Gasteiger partial charge in [-0.25, -0.2) is 24.9 Å². The Kier molecular flexibility index (Phi) is 8.91. The Bertz CT molecular complexity index is 3750. The molecule has 8 heteroatoms. The number of rotatable bonds is 8. The van der Waals surface area contributed by atoms with Crippen molar-refractivity contribution < 1.29 is 0 Å². The van der Waals surface area contributed by atoms with Crippen molar-refractivity contribution in [2.45, 2.75) is 0 Å². The summed E-state index contributed by atoms with van der Waals surface area (Å²) < 4.78 is 6.88. The van der Waals surface area contributed by atoms with Crippen LogP contribution in [0.25, 0.3) is 120 Å². The van der Waals surface area contributed by atoms with Crippen LogP contribution in [0.3, 0.4) is 0 Å². The fourth-order valence-corrected chi connectivity index (χ4v) is 10.7. The minimum Gasteiger partial charge on any atom is -0.316 e. The zero-order valence-electron chi connectivity index (χ0n) is 33.7. The van der Waals surface area contributed by atoms with Crippen LogP contribution in [0.15, 0.2) is 195 Å². The number of fused-ring (bicyclic) bond motifs is 7. The average Bonchev–Trinajstić information content (AvgIpc) is 4.04. The van der Waals surface area contributed by atoms with Gasteiger partial charge in [0, 0.05) is 80.9 Å². The first-order chi connectivity index (χ1) is 31.1. The Hall–Kier alpha value is -7.91. The van der Waals surface area contributed by atoms with Crippen molar-refractivity contribution in [1.29, 1.82) is 0 Å². The largest absolute Gasteiger partial charge is 0.316 e. The van der Waals surface area contributed by atoms with Gasteiger partial charge in [-0.1, -0.05) is 146 Å². The van der Waals surface area contributed by atoms with Crippen molar-refractivity contribution in [2.24, 2.45) is 0 Å². The molecule has 63 heavy (non-hydrogen) atoms. The van der Waals surface area contributed by atoms with Crippen LogP contribution in [-0.2, 0) is 0 Å². The highest BCUT2D eigenvalue weighted by molar-refractivity contribution is 7.26. The summed E-state index contributed by atoms with van der Waals surface area (Å²) in [6.45, 7) is 3.89. The Morgan fingerprint density at radius 1 is 0.444 bits per heavy atom. The van der Waals surface area contributed by atoms with E-state index in [4.69, 9.17) is 24.9 Å². The maximum atomic E-state index is 5.24. The molecular formula is C55H34N6S2.